The molecule has 2 N–H and O–H groups in total. The van der Waals surface area contributed by atoms with Crippen LogP contribution in [0.4, 0.5) is 9.57 Å². The number of rotatable bonds is 3. The van der Waals surface area contributed by atoms with Crippen LogP contribution < -0.4 is 5.73 Å². The molecule has 0 heterocycles. The Morgan fingerprint density at radius 2 is 2.06 bits per heavy atom. The molecule has 0 saturated carbocycles. The number of anilines is 1. The highest BCUT2D eigenvalue weighted by atomic mass is 32.3. The molecule has 0 radical (unpaired) electrons. The van der Waals surface area contributed by atoms with E-state index in [1.165, 1.54) is 6.92 Å². The average Bonchev–Trinajstić information content (AvgIpc) is 2.20. The standard InChI is InChI=1S/C10H12FNO4S/c1-3-16-10(13)8-4-7(17(11,14)15)5-9(12)6(8)2/h4-5H,3,12H2,1-2H3. The van der Waals surface area contributed by atoms with Gasteiger partial charge in [-0.3, -0.25) is 0 Å². The fourth-order valence-electron chi connectivity index (χ4n) is 1.27. The topological polar surface area (TPSA) is 86.5 Å². The summed E-state index contributed by atoms with van der Waals surface area (Å²) >= 11 is 0. The summed E-state index contributed by atoms with van der Waals surface area (Å²) in [5, 5.41) is 0. The summed E-state index contributed by atoms with van der Waals surface area (Å²) in [6.07, 6.45) is 0. The number of halogens is 1. The first-order valence-corrected chi connectivity index (χ1v) is 6.17. The van der Waals surface area contributed by atoms with Crippen molar-refractivity contribution in [3.63, 3.8) is 0 Å². The predicted molar refractivity (Wildman–Crippen MR) is 59.8 cm³/mol. The molecule has 0 atom stereocenters. The van der Waals surface area contributed by atoms with Gasteiger partial charge in [-0.05, 0) is 31.5 Å². The molecule has 0 saturated heterocycles. The smallest absolute Gasteiger partial charge is 0.338 e. The van der Waals surface area contributed by atoms with E-state index in [0.717, 1.165) is 12.1 Å². The minimum atomic E-state index is -4.90. The lowest BCUT2D eigenvalue weighted by Gasteiger charge is -2.09. The number of nitrogens with two attached hydrogens (primary N) is 1. The van der Waals surface area contributed by atoms with E-state index in [0.29, 0.717) is 5.56 Å². The number of carbonyl (C=O) groups is 1. The van der Waals surface area contributed by atoms with E-state index in [2.05, 4.69) is 0 Å². The van der Waals surface area contributed by atoms with Gasteiger partial charge in [0.25, 0.3) is 0 Å². The zero-order valence-corrected chi connectivity index (χ0v) is 10.2. The molecule has 1 rings (SSSR count). The Labute approximate surface area is 98.6 Å². The summed E-state index contributed by atoms with van der Waals surface area (Å²) < 4.78 is 39.1. The van der Waals surface area contributed by atoms with Crippen LogP contribution in [-0.2, 0) is 15.0 Å². The van der Waals surface area contributed by atoms with E-state index in [9.17, 15) is 17.1 Å². The third kappa shape index (κ3) is 2.94. The molecule has 0 fully saturated rings. The normalized spacial score (nSPS) is 11.2. The molecule has 0 unspecified atom stereocenters. The van der Waals surface area contributed by atoms with E-state index in [4.69, 9.17) is 10.5 Å². The molecule has 1 aromatic rings. The highest BCUT2D eigenvalue weighted by molar-refractivity contribution is 7.86. The second-order valence-corrected chi connectivity index (χ2v) is 4.69. The fourth-order valence-corrected chi connectivity index (χ4v) is 1.80. The predicted octanol–water partition coefficient (Wildman–Crippen LogP) is 1.41. The Morgan fingerprint density at radius 3 is 2.53 bits per heavy atom. The van der Waals surface area contributed by atoms with E-state index in [1.807, 2.05) is 0 Å². The first kappa shape index (κ1) is 13.4. The van der Waals surface area contributed by atoms with Crippen LogP contribution in [0.25, 0.3) is 0 Å². The van der Waals surface area contributed by atoms with Gasteiger partial charge in [-0.15, -0.1) is 3.89 Å². The molecule has 1 aromatic carbocycles. The van der Waals surface area contributed by atoms with Crippen LogP contribution in [0.3, 0.4) is 0 Å². The molecule has 0 aliphatic heterocycles. The molecular formula is C10H12FNO4S. The number of hydrogen-bond donors (Lipinski definition) is 1. The Hall–Kier alpha value is -1.63. The minimum absolute atomic E-state index is 0.0202. The summed E-state index contributed by atoms with van der Waals surface area (Å²) in [7, 11) is -4.90. The van der Waals surface area contributed by atoms with Crippen molar-refractivity contribution in [1.29, 1.82) is 0 Å². The van der Waals surface area contributed by atoms with Gasteiger partial charge in [0, 0.05) is 5.69 Å². The van der Waals surface area contributed by atoms with Gasteiger partial charge in [-0.2, -0.15) is 8.42 Å². The van der Waals surface area contributed by atoms with Crippen molar-refractivity contribution in [2.45, 2.75) is 18.7 Å². The van der Waals surface area contributed by atoms with Gasteiger partial charge in [0.05, 0.1) is 12.2 Å². The summed E-state index contributed by atoms with van der Waals surface area (Å²) in [6.45, 7) is 3.26. The molecule has 0 aliphatic rings. The lowest BCUT2D eigenvalue weighted by Crippen LogP contribution is -2.10. The second-order valence-electron chi connectivity index (χ2n) is 3.34. The van der Waals surface area contributed by atoms with E-state index in [-0.39, 0.29) is 17.9 Å². The Bertz CT molecular complexity index is 554. The lowest BCUT2D eigenvalue weighted by molar-refractivity contribution is 0.0525. The SMILES string of the molecule is CCOC(=O)c1cc(S(=O)(=O)F)cc(N)c1C. The van der Waals surface area contributed by atoms with Crippen LogP contribution in [0.5, 0.6) is 0 Å². The van der Waals surface area contributed by atoms with Crippen molar-refractivity contribution in [1.82, 2.24) is 0 Å². The molecule has 0 aromatic heterocycles. The second kappa shape index (κ2) is 4.70. The van der Waals surface area contributed by atoms with Gasteiger partial charge in [0.1, 0.15) is 4.90 Å². The van der Waals surface area contributed by atoms with Gasteiger partial charge in [-0.1, -0.05) is 0 Å². The van der Waals surface area contributed by atoms with Crippen LogP contribution in [0.1, 0.15) is 22.8 Å². The maximum atomic E-state index is 12.8. The molecule has 94 valence electrons. The summed E-state index contributed by atoms with van der Waals surface area (Å²) in [5.41, 5.74) is 5.84. The highest BCUT2D eigenvalue weighted by Gasteiger charge is 2.19. The summed E-state index contributed by atoms with van der Waals surface area (Å²) in [4.78, 5) is 10.9. The highest BCUT2D eigenvalue weighted by Crippen LogP contribution is 2.24. The lowest BCUT2D eigenvalue weighted by atomic mass is 10.1. The quantitative estimate of drug-likeness (QED) is 0.505. The number of benzene rings is 1. The average molecular weight is 261 g/mol. The zero-order valence-electron chi connectivity index (χ0n) is 9.36. The van der Waals surface area contributed by atoms with Gasteiger partial charge in [-0.25, -0.2) is 4.79 Å². The van der Waals surface area contributed by atoms with Crippen LogP contribution in [0.15, 0.2) is 17.0 Å². The maximum Gasteiger partial charge on any atom is 0.338 e. The number of ether oxygens (including phenoxy) is 1. The van der Waals surface area contributed by atoms with Crippen molar-refractivity contribution in [3.05, 3.63) is 23.3 Å². The van der Waals surface area contributed by atoms with Crippen LogP contribution in [0, 0.1) is 6.92 Å². The summed E-state index contributed by atoms with van der Waals surface area (Å²) in [6, 6.07) is 1.88. The van der Waals surface area contributed by atoms with E-state index >= 15 is 0 Å². The molecular weight excluding hydrogens is 249 g/mol. The van der Waals surface area contributed by atoms with Crippen LogP contribution >= 0.6 is 0 Å². The minimum Gasteiger partial charge on any atom is -0.462 e. The van der Waals surface area contributed by atoms with Crippen molar-refractivity contribution in [3.8, 4) is 0 Å². The van der Waals surface area contributed by atoms with E-state index < -0.39 is 21.1 Å². The Morgan fingerprint density at radius 1 is 1.47 bits per heavy atom. The molecule has 0 aliphatic carbocycles. The molecule has 0 bridgehead atoms. The fraction of sp³-hybridized carbons (Fsp3) is 0.300. The van der Waals surface area contributed by atoms with Crippen molar-refractivity contribution >= 4 is 21.9 Å². The molecule has 17 heavy (non-hydrogen) atoms. The van der Waals surface area contributed by atoms with E-state index in [1.54, 1.807) is 6.92 Å². The van der Waals surface area contributed by atoms with Gasteiger partial charge in [0.2, 0.25) is 0 Å². The number of carbonyl (C=O) groups excluding carboxylic acids is 1. The van der Waals surface area contributed by atoms with Gasteiger partial charge in [0.15, 0.2) is 0 Å². The zero-order chi connectivity index (χ0) is 13.2. The monoisotopic (exact) mass is 261 g/mol. The van der Waals surface area contributed by atoms with Gasteiger partial charge >= 0.3 is 16.2 Å². The van der Waals surface area contributed by atoms with Crippen molar-refractivity contribution < 1.29 is 21.8 Å². The first-order chi connectivity index (χ1) is 7.77. The molecule has 7 heteroatoms. The number of esters is 1. The molecule has 0 amide bonds. The van der Waals surface area contributed by atoms with Crippen molar-refractivity contribution in [2.24, 2.45) is 0 Å². The van der Waals surface area contributed by atoms with Crippen LogP contribution in [0.2, 0.25) is 0 Å². The maximum absolute atomic E-state index is 12.8. The largest absolute Gasteiger partial charge is 0.462 e. The van der Waals surface area contributed by atoms with Gasteiger partial charge < -0.3 is 10.5 Å². The van der Waals surface area contributed by atoms with Crippen LogP contribution in [-0.4, -0.2) is 21.0 Å². The van der Waals surface area contributed by atoms with Crippen molar-refractivity contribution in [2.75, 3.05) is 12.3 Å². The number of hydrogen-bond acceptors (Lipinski definition) is 5. The third-order valence-corrected chi connectivity index (χ3v) is 3.00. The third-order valence-electron chi connectivity index (χ3n) is 2.20. The first-order valence-electron chi connectivity index (χ1n) is 4.79. The number of nitrogen functional groups attached to an aromatic ring is 1. The Balaban J connectivity index is 3.40. The molecule has 5 nitrogen and oxygen atoms in total. The summed E-state index contributed by atoms with van der Waals surface area (Å²) in [5.74, 6) is -0.734. The Kier molecular flexibility index (Phi) is 3.72. The molecule has 0 spiro atoms.